The van der Waals surface area contributed by atoms with E-state index in [9.17, 15) is 45.4 Å². The SMILES string of the molecule is COc1ccc(CO)cc1C(=O)N[C@H]1[C@@H](C(=O)Nc2ccc(F)c(C(F)(F)F)c2)[C@H]2CC[C@@H]1/C2=C\C(F)(F)F. The van der Waals surface area contributed by atoms with Crippen LogP contribution in [0.2, 0.25) is 0 Å². The summed E-state index contributed by atoms with van der Waals surface area (Å²) in [5.41, 5.74) is -1.77. The van der Waals surface area contributed by atoms with Crippen LogP contribution in [0.15, 0.2) is 48.0 Å². The molecule has 3 N–H and O–H groups in total. The molecule has 2 aromatic carbocycles. The fourth-order valence-electron chi connectivity index (χ4n) is 5.49. The van der Waals surface area contributed by atoms with Gasteiger partial charge in [0.2, 0.25) is 5.91 Å². The van der Waals surface area contributed by atoms with Crippen LogP contribution in [-0.2, 0) is 17.6 Å². The molecule has 0 unspecified atom stereocenters. The van der Waals surface area contributed by atoms with Crippen molar-refractivity contribution in [1.82, 2.24) is 5.32 Å². The van der Waals surface area contributed by atoms with Gasteiger partial charge in [0.15, 0.2) is 0 Å². The van der Waals surface area contributed by atoms with E-state index in [2.05, 4.69) is 10.6 Å². The highest BCUT2D eigenvalue weighted by atomic mass is 19.4. The van der Waals surface area contributed by atoms with Crippen LogP contribution in [0.3, 0.4) is 0 Å². The average molecular weight is 560 g/mol. The molecule has 2 aromatic rings. The van der Waals surface area contributed by atoms with Crippen LogP contribution >= 0.6 is 0 Å². The molecule has 0 aliphatic heterocycles. The van der Waals surface area contributed by atoms with E-state index >= 15 is 0 Å². The Morgan fingerprint density at radius 1 is 1.05 bits per heavy atom. The van der Waals surface area contributed by atoms with Crippen molar-refractivity contribution in [3.05, 3.63) is 70.6 Å². The zero-order valence-electron chi connectivity index (χ0n) is 20.3. The van der Waals surface area contributed by atoms with Gasteiger partial charge in [0.25, 0.3) is 5.91 Å². The zero-order chi connectivity index (χ0) is 28.7. The molecule has 0 radical (unpaired) electrons. The van der Waals surface area contributed by atoms with Crippen molar-refractivity contribution in [2.45, 2.75) is 37.8 Å². The van der Waals surface area contributed by atoms with Gasteiger partial charge in [-0.05, 0) is 54.7 Å². The third-order valence-corrected chi connectivity index (χ3v) is 7.06. The molecule has 2 saturated carbocycles. The minimum Gasteiger partial charge on any atom is -0.496 e. The molecule has 2 amide bonds. The monoisotopic (exact) mass is 560 g/mol. The number of fused-ring (bicyclic) bond motifs is 2. The highest BCUT2D eigenvalue weighted by Gasteiger charge is 2.55. The van der Waals surface area contributed by atoms with Crippen LogP contribution in [0.4, 0.5) is 36.4 Å². The molecule has 4 atom stereocenters. The molecule has 2 bridgehead atoms. The van der Waals surface area contributed by atoms with E-state index in [4.69, 9.17) is 4.74 Å². The van der Waals surface area contributed by atoms with Gasteiger partial charge in [-0.1, -0.05) is 11.6 Å². The second-order valence-corrected chi connectivity index (χ2v) is 9.38. The molecule has 13 heteroatoms. The van der Waals surface area contributed by atoms with Gasteiger partial charge in [-0.15, -0.1) is 0 Å². The summed E-state index contributed by atoms with van der Waals surface area (Å²) in [6.45, 7) is -0.403. The van der Waals surface area contributed by atoms with Crippen LogP contribution in [-0.4, -0.2) is 36.2 Å². The number of benzene rings is 2. The van der Waals surface area contributed by atoms with Crippen molar-refractivity contribution in [1.29, 1.82) is 0 Å². The number of carbonyl (C=O) groups excluding carboxylic acids is 2. The third kappa shape index (κ3) is 5.87. The largest absolute Gasteiger partial charge is 0.496 e. The molecule has 2 fully saturated rings. The van der Waals surface area contributed by atoms with E-state index in [0.29, 0.717) is 17.7 Å². The summed E-state index contributed by atoms with van der Waals surface area (Å²) in [5, 5.41) is 14.3. The van der Waals surface area contributed by atoms with Gasteiger partial charge in [-0.25, -0.2) is 4.39 Å². The highest BCUT2D eigenvalue weighted by Crippen LogP contribution is 2.54. The molecule has 4 rings (SSSR count). The molecular formula is C26H23F7N2O4. The lowest BCUT2D eigenvalue weighted by atomic mass is 9.83. The van der Waals surface area contributed by atoms with Gasteiger partial charge in [0.05, 0.1) is 30.8 Å². The maximum Gasteiger partial charge on any atom is 0.419 e. The topological polar surface area (TPSA) is 87.7 Å². The number of hydrogen-bond donors (Lipinski definition) is 3. The summed E-state index contributed by atoms with van der Waals surface area (Å²) in [4.78, 5) is 26.5. The van der Waals surface area contributed by atoms with Crippen LogP contribution in [0.25, 0.3) is 0 Å². The predicted molar refractivity (Wildman–Crippen MR) is 124 cm³/mol. The lowest BCUT2D eigenvalue weighted by molar-refractivity contribution is -0.140. The van der Waals surface area contributed by atoms with Gasteiger partial charge < -0.3 is 20.5 Å². The first kappa shape index (κ1) is 28.4. The Labute approximate surface area is 217 Å². The molecule has 0 spiro atoms. The number of anilines is 1. The molecular weight excluding hydrogens is 537 g/mol. The van der Waals surface area contributed by atoms with Crippen molar-refractivity contribution < 1.29 is 50.2 Å². The number of amides is 2. The molecule has 6 nitrogen and oxygen atoms in total. The number of methoxy groups -OCH3 is 1. The number of allylic oxidation sites excluding steroid dienone is 1. The summed E-state index contributed by atoms with van der Waals surface area (Å²) in [6.07, 6.45) is -9.21. The van der Waals surface area contributed by atoms with Gasteiger partial charge in [0, 0.05) is 23.7 Å². The first-order chi connectivity index (χ1) is 18.2. The fraction of sp³-hybridized carbons (Fsp3) is 0.385. The Hall–Kier alpha value is -3.61. The number of alkyl halides is 6. The van der Waals surface area contributed by atoms with Crippen molar-refractivity contribution in [2.24, 2.45) is 17.8 Å². The van der Waals surface area contributed by atoms with E-state index < -0.39 is 71.6 Å². The van der Waals surface area contributed by atoms with E-state index in [1.165, 1.54) is 25.3 Å². The smallest absolute Gasteiger partial charge is 0.419 e. The summed E-state index contributed by atoms with van der Waals surface area (Å²) in [5.74, 6) is -6.18. The maximum atomic E-state index is 13.7. The average Bonchev–Trinajstić information content (AvgIpc) is 3.36. The van der Waals surface area contributed by atoms with Crippen LogP contribution < -0.4 is 15.4 Å². The molecule has 0 heterocycles. The minimum atomic E-state index is -5.04. The first-order valence-electron chi connectivity index (χ1n) is 11.8. The molecule has 0 aromatic heterocycles. The number of hydrogen-bond acceptors (Lipinski definition) is 4. The first-order valence-corrected chi connectivity index (χ1v) is 11.8. The van der Waals surface area contributed by atoms with Gasteiger partial charge >= 0.3 is 12.4 Å². The maximum absolute atomic E-state index is 13.7. The second kappa shape index (κ2) is 10.5. The number of rotatable bonds is 6. The summed E-state index contributed by atoms with van der Waals surface area (Å²) in [7, 11) is 1.29. The van der Waals surface area contributed by atoms with Crippen molar-refractivity contribution in [2.75, 3.05) is 12.4 Å². The fourth-order valence-corrected chi connectivity index (χ4v) is 5.49. The second-order valence-electron chi connectivity index (χ2n) is 9.38. The molecule has 0 saturated heterocycles. The summed E-state index contributed by atoms with van der Waals surface area (Å²) < 4.78 is 98.3. The number of aliphatic hydroxyl groups is 1. The number of carbonyl (C=O) groups is 2. The van der Waals surface area contributed by atoms with E-state index in [-0.39, 0.29) is 35.8 Å². The van der Waals surface area contributed by atoms with Gasteiger partial charge in [0.1, 0.15) is 11.6 Å². The van der Waals surface area contributed by atoms with Crippen molar-refractivity contribution in [3.8, 4) is 5.75 Å². The number of ether oxygens (including phenoxy) is 1. The summed E-state index contributed by atoms with van der Waals surface area (Å²) >= 11 is 0. The third-order valence-electron chi connectivity index (χ3n) is 7.06. The summed E-state index contributed by atoms with van der Waals surface area (Å²) in [6, 6.07) is 4.95. The Morgan fingerprint density at radius 3 is 2.36 bits per heavy atom. The Balaban J connectivity index is 1.68. The van der Waals surface area contributed by atoms with E-state index in [0.717, 1.165) is 6.07 Å². The molecule has 2 aliphatic rings. The normalized spacial score (nSPS) is 23.7. The molecule has 2 aliphatic carbocycles. The lowest BCUT2D eigenvalue weighted by Gasteiger charge is -2.30. The van der Waals surface area contributed by atoms with Crippen LogP contribution in [0.5, 0.6) is 5.75 Å². The Kier molecular flexibility index (Phi) is 7.66. The predicted octanol–water partition coefficient (Wildman–Crippen LogP) is 5.23. The number of aliphatic hydroxyl groups excluding tert-OH is 1. The van der Waals surface area contributed by atoms with E-state index in [1.54, 1.807) is 0 Å². The van der Waals surface area contributed by atoms with Gasteiger partial charge in [-0.3, -0.25) is 9.59 Å². The minimum absolute atomic E-state index is 0.0271. The number of halogens is 7. The Bertz CT molecular complexity index is 1310. The molecule has 210 valence electrons. The van der Waals surface area contributed by atoms with Crippen molar-refractivity contribution in [3.63, 3.8) is 0 Å². The quantitative estimate of drug-likeness (QED) is 0.334. The Morgan fingerprint density at radius 2 is 1.74 bits per heavy atom. The van der Waals surface area contributed by atoms with Crippen LogP contribution in [0.1, 0.15) is 34.3 Å². The van der Waals surface area contributed by atoms with Gasteiger partial charge in [-0.2, -0.15) is 26.3 Å². The lowest BCUT2D eigenvalue weighted by Crippen LogP contribution is -2.48. The zero-order valence-corrected chi connectivity index (χ0v) is 20.3. The highest BCUT2D eigenvalue weighted by molar-refractivity contribution is 5.99. The number of nitrogens with one attached hydrogen (secondary N) is 2. The molecule has 39 heavy (non-hydrogen) atoms. The van der Waals surface area contributed by atoms with Crippen molar-refractivity contribution >= 4 is 17.5 Å². The van der Waals surface area contributed by atoms with Crippen LogP contribution in [0, 0.1) is 23.6 Å². The van der Waals surface area contributed by atoms with E-state index in [1.807, 2.05) is 0 Å². The standard InChI is InChI=1S/C26H23F7N2O4/c1-39-20-7-2-12(11-36)8-16(20)23(37)35-22-15-5-4-14(17(15)10-25(28,29)30)21(22)24(38)34-13-3-6-19(27)18(9-13)26(31,32)33/h2-3,6-10,14-15,21-22,36H,4-5,11H2,1H3,(H,34,38)(H,35,37)/b17-10-/t14-,15+,21-,22+/m0/s1.